The normalized spacial score (nSPS) is 12.9. The highest BCUT2D eigenvalue weighted by Gasteiger charge is 2.51. The van der Waals surface area contributed by atoms with E-state index in [9.17, 15) is 0 Å². The van der Waals surface area contributed by atoms with Gasteiger partial charge in [0.2, 0.25) is 0 Å². The van der Waals surface area contributed by atoms with Gasteiger partial charge in [-0.25, -0.2) is 15.0 Å². The van der Waals surface area contributed by atoms with Crippen LogP contribution in [0.15, 0.2) is 253 Å². The molecule has 75 heavy (non-hydrogen) atoms. The lowest BCUT2D eigenvalue weighted by Crippen LogP contribution is -2.25. The molecule has 0 bridgehead atoms. The molecule has 5 heteroatoms. The first-order valence-corrected chi connectivity index (χ1v) is 26.3. The molecule has 3 aromatic heterocycles. The molecule has 348 valence electrons. The van der Waals surface area contributed by atoms with Gasteiger partial charge in [0, 0.05) is 47.6 Å². The lowest BCUT2D eigenvalue weighted by molar-refractivity contribution is 0.669. The van der Waals surface area contributed by atoms with Crippen LogP contribution in [-0.2, 0) is 5.41 Å². The fourth-order valence-electron chi connectivity index (χ4n) is 12.5. The fourth-order valence-corrected chi connectivity index (χ4v) is 13.6. The average Bonchev–Trinajstić information content (AvgIpc) is 4.32. The van der Waals surface area contributed by atoms with Gasteiger partial charge in [0.25, 0.3) is 0 Å². The Balaban J connectivity index is 0.809. The largest absolute Gasteiger partial charge is 0.456 e. The summed E-state index contributed by atoms with van der Waals surface area (Å²) in [5.41, 5.74) is 21.5. The molecule has 16 rings (SSSR count). The van der Waals surface area contributed by atoms with Gasteiger partial charge in [-0.2, -0.15) is 0 Å². The number of nitrogens with zero attached hydrogens (tertiary/aromatic N) is 3. The Morgan fingerprint density at radius 3 is 1.43 bits per heavy atom. The quantitative estimate of drug-likeness (QED) is 0.167. The Morgan fingerprint density at radius 2 is 0.747 bits per heavy atom. The molecule has 0 atom stereocenters. The third-order valence-electron chi connectivity index (χ3n) is 15.8. The maximum Gasteiger partial charge on any atom is 0.164 e. The summed E-state index contributed by atoms with van der Waals surface area (Å²) in [6, 6.07) is 89.8. The molecule has 2 aliphatic carbocycles. The predicted molar refractivity (Wildman–Crippen MR) is 309 cm³/mol. The summed E-state index contributed by atoms with van der Waals surface area (Å²) in [6.07, 6.45) is 0. The van der Waals surface area contributed by atoms with Crippen LogP contribution in [0.1, 0.15) is 22.3 Å². The van der Waals surface area contributed by atoms with Crippen LogP contribution in [0.5, 0.6) is 0 Å². The minimum absolute atomic E-state index is 0.387. The van der Waals surface area contributed by atoms with Crippen molar-refractivity contribution in [3.05, 3.63) is 271 Å². The molecular formula is C70H41N3OS. The third kappa shape index (κ3) is 6.26. The first-order chi connectivity index (χ1) is 37.2. The molecule has 0 N–H and O–H groups in total. The zero-order chi connectivity index (χ0) is 49.2. The SMILES string of the molecule is c1ccc(-c2ccc(-c3nc(-c4cccc5oc6ccc(-c7ccc(-c8ccc9c(c8)C8(c%10ccccc%10-c%10ccccc%108)c8ccccc8-9)cc7)cc6c45)nc(-c4cccc5sc6ccccc6c45)n3)cc2)cc1. The maximum absolute atomic E-state index is 6.64. The monoisotopic (exact) mass is 971 g/mol. The lowest BCUT2D eigenvalue weighted by atomic mass is 9.70. The summed E-state index contributed by atoms with van der Waals surface area (Å²) >= 11 is 1.79. The molecule has 0 radical (unpaired) electrons. The van der Waals surface area contributed by atoms with Gasteiger partial charge >= 0.3 is 0 Å². The number of fused-ring (bicyclic) bond motifs is 16. The summed E-state index contributed by atoms with van der Waals surface area (Å²) in [5.74, 6) is 1.83. The molecule has 0 saturated carbocycles. The molecule has 3 heterocycles. The number of thiophene rings is 1. The van der Waals surface area contributed by atoms with Crippen molar-refractivity contribution in [2.24, 2.45) is 0 Å². The van der Waals surface area contributed by atoms with Gasteiger partial charge in [0.1, 0.15) is 11.2 Å². The lowest BCUT2D eigenvalue weighted by Gasteiger charge is -2.30. The number of aromatic nitrogens is 3. The highest BCUT2D eigenvalue weighted by atomic mass is 32.1. The fraction of sp³-hybridized carbons (Fsp3) is 0.0143. The molecule has 11 aromatic carbocycles. The number of rotatable bonds is 6. The Bertz CT molecular complexity index is 4580. The molecule has 0 fully saturated rings. The topological polar surface area (TPSA) is 51.8 Å². The van der Waals surface area contributed by atoms with Gasteiger partial charge in [-0.1, -0.05) is 212 Å². The maximum atomic E-state index is 6.64. The van der Waals surface area contributed by atoms with Crippen molar-refractivity contribution in [2.75, 3.05) is 0 Å². The smallest absolute Gasteiger partial charge is 0.164 e. The Kier molecular flexibility index (Phi) is 9.09. The van der Waals surface area contributed by atoms with E-state index in [0.29, 0.717) is 17.5 Å². The highest BCUT2D eigenvalue weighted by molar-refractivity contribution is 7.25. The van der Waals surface area contributed by atoms with Crippen molar-refractivity contribution in [2.45, 2.75) is 5.41 Å². The first-order valence-electron chi connectivity index (χ1n) is 25.5. The van der Waals surface area contributed by atoms with Crippen LogP contribution in [0.3, 0.4) is 0 Å². The summed E-state index contributed by atoms with van der Waals surface area (Å²) in [4.78, 5) is 16.0. The summed E-state index contributed by atoms with van der Waals surface area (Å²) in [5, 5.41) is 4.32. The molecule has 1 spiro atoms. The van der Waals surface area contributed by atoms with E-state index in [1.54, 1.807) is 11.3 Å². The Morgan fingerprint density at radius 1 is 0.280 bits per heavy atom. The van der Waals surface area contributed by atoms with Crippen LogP contribution >= 0.6 is 11.3 Å². The Labute approximate surface area is 436 Å². The molecule has 2 aliphatic rings. The van der Waals surface area contributed by atoms with Crippen molar-refractivity contribution >= 4 is 53.4 Å². The van der Waals surface area contributed by atoms with Gasteiger partial charge < -0.3 is 4.42 Å². The second kappa shape index (κ2) is 16.2. The standard InChI is InChI=1S/C70H41N3OS/c1-2-14-42(15-3-1)43-32-34-46(35-33-43)67-71-68(73-69(72-67)55-21-13-27-64-66(55)53-19-7-11-26-63(53)75-64)54-20-12-25-62-65(54)56-40-47(37-39-61(56)74-62)44-28-30-45(31-29-44)48-36-38-52-51-18-6-10-24-59(51)70(60(52)41-48)57-22-8-4-16-49(57)50-17-5-9-23-58(50)70/h1-41H. The van der Waals surface area contributed by atoms with Crippen molar-refractivity contribution < 1.29 is 4.42 Å². The molecule has 4 nitrogen and oxygen atoms in total. The minimum atomic E-state index is -0.387. The molecular weight excluding hydrogens is 931 g/mol. The van der Waals surface area contributed by atoms with Crippen molar-refractivity contribution in [3.63, 3.8) is 0 Å². The third-order valence-corrected chi connectivity index (χ3v) is 16.9. The van der Waals surface area contributed by atoms with Crippen LogP contribution in [-0.4, -0.2) is 15.0 Å². The number of furan rings is 1. The van der Waals surface area contributed by atoms with E-state index in [-0.39, 0.29) is 5.41 Å². The number of hydrogen-bond acceptors (Lipinski definition) is 5. The second-order valence-electron chi connectivity index (χ2n) is 19.7. The van der Waals surface area contributed by atoms with Crippen LogP contribution in [0.4, 0.5) is 0 Å². The van der Waals surface area contributed by atoms with E-state index in [1.807, 2.05) is 18.2 Å². The van der Waals surface area contributed by atoms with Crippen molar-refractivity contribution in [1.82, 2.24) is 15.0 Å². The van der Waals surface area contributed by atoms with E-state index >= 15 is 0 Å². The number of benzene rings is 11. The zero-order valence-electron chi connectivity index (χ0n) is 40.3. The zero-order valence-corrected chi connectivity index (χ0v) is 41.1. The summed E-state index contributed by atoms with van der Waals surface area (Å²) in [7, 11) is 0. The Hall–Kier alpha value is -9.55. The first kappa shape index (κ1) is 42.0. The summed E-state index contributed by atoms with van der Waals surface area (Å²) < 4.78 is 9.06. The van der Waals surface area contributed by atoms with E-state index in [0.717, 1.165) is 66.3 Å². The van der Waals surface area contributed by atoms with E-state index < -0.39 is 0 Å². The van der Waals surface area contributed by atoms with E-state index in [1.165, 1.54) is 70.4 Å². The molecule has 0 saturated heterocycles. The predicted octanol–water partition coefficient (Wildman–Crippen LogP) is 18.5. The van der Waals surface area contributed by atoms with Gasteiger partial charge in [-0.15, -0.1) is 11.3 Å². The van der Waals surface area contributed by atoms with Crippen LogP contribution < -0.4 is 0 Å². The van der Waals surface area contributed by atoms with E-state index in [2.05, 4.69) is 231 Å². The van der Waals surface area contributed by atoms with Crippen LogP contribution in [0.2, 0.25) is 0 Å². The van der Waals surface area contributed by atoms with Gasteiger partial charge in [0.15, 0.2) is 17.5 Å². The average molecular weight is 972 g/mol. The van der Waals surface area contributed by atoms with Crippen LogP contribution in [0, 0.1) is 0 Å². The van der Waals surface area contributed by atoms with Gasteiger partial charge in [-0.3, -0.25) is 0 Å². The molecule has 0 amide bonds. The molecule has 0 aliphatic heterocycles. The van der Waals surface area contributed by atoms with E-state index in [4.69, 9.17) is 19.4 Å². The minimum Gasteiger partial charge on any atom is -0.456 e. The number of hydrogen-bond donors (Lipinski definition) is 0. The highest BCUT2D eigenvalue weighted by Crippen LogP contribution is 2.63. The van der Waals surface area contributed by atoms with Crippen molar-refractivity contribution in [3.8, 4) is 89.8 Å². The molecule has 14 aromatic rings. The van der Waals surface area contributed by atoms with Gasteiger partial charge in [0.05, 0.1) is 5.41 Å². The summed E-state index contributed by atoms with van der Waals surface area (Å²) in [6.45, 7) is 0. The van der Waals surface area contributed by atoms with Gasteiger partial charge in [-0.05, 0) is 114 Å². The van der Waals surface area contributed by atoms with Crippen molar-refractivity contribution in [1.29, 1.82) is 0 Å². The second-order valence-corrected chi connectivity index (χ2v) is 20.8. The molecule has 0 unspecified atom stereocenters. The van der Waals surface area contributed by atoms with Crippen LogP contribution in [0.25, 0.3) is 132 Å².